The molecule has 24 heavy (non-hydrogen) atoms. The lowest BCUT2D eigenvalue weighted by Gasteiger charge is -2.28. The van der Waals surface area contributed by atoms with Gasteiger partial charge in [-0.05, 0) is 32.0 Å². The van der Waals surface area contributed by atoms with E-state index in [1.807, 2.05) is 31.1 Å². The van der Waals surface area contributed by atoms with Crippen molar-refractivity contribution in [2.45, 2.75) is 31.9 Å². The van der Waals surface area contributed by atoms with E-state index in [0.29, 0.717) is 13.1 Å². The van der Waals surface area contributed by atoms with Crippen LogP contribution in [0.3, 0.4) is 0 Å². The highest BCUT2D eigenvalue weighted by Gasteiger charge is 2.15. The molecule has 1 atom stereocenters. The topological polar surface area (TPSA) is 80.7 Å². The van der Waals surface area contributed by atoms with Gasteiger partial charge in [0, 0.05) is 45.5 Å². The fourth-order valence-corrected chi connectivity index (χ4v) is 2.92. The van der Waals surface area contributed by atoms with Gasteiger partial charge < -0.3 is 25.5 Å². The van der Waals surface area contributed by atoms with E-state index in [-0.39, 0.29) is 12.6 Å². The SMILES string of the molecule is CN(C)c1ncccc1CNC(=O)NC[C@H](O)CN1CCCCC1. The number of hydrogen-bond acceptors (Lipinski definition) is 5. The number of aromatic nitrogens is 1. The standard InChI is InChI=1S/C17H29N5O2/c1-21(2)16-14(7-6-8-18-16)11-19-17(24)20-12-15(23)13-22-9-4-3-5-10-22/h6-8,15,23H,3-5,9-13H2,1-2H3,(H2,19,20,24)/t15-/m0/s1. The molecule has 1 saturated heterocycles. The third kappa shape index (κ3) is 5.98. The van der Waals surface area contributed by atoms with Crippen molar-refractivity contribution in [2.24, 2.45) is 0 Å². The number of likely N-dealkylation sites (tertiary alicyclic amines) is 1. The van der Waals surface area contributed by atoms with Crippen LogP contribution in [0.1, 0.15) is 24.8 Å². The van der Waals surface area contributed by atoms with Crippen molar-refractivity contribution in [1.29, 1.82) is 0 Å². The second kappa shape index (κ2) is 9.44. The molecule has 3 N–H and O–H groups in total. The van der Waals surface area contributed by atoms with Gasteiger partial charge in [0.2, 0.25) is 0 Å². The normalized spacial score (nSPS) is 16.5. The van der Waals surface area contributed by atoms with Crippen LogP contribution in [0.5, 0.6) is 0 Å². The molecule has 1 fully saturated rings. The number of hydrogen-bond donors (Lipinski definition) is 3. The number of urea groups is 1. The summed E-state index contributed by atoms with van der Waals surface area (Å²) in [6.07, 6.45) is 4.86. The van der Waals surface area contributed by atoms with E-state index in [1.165, 1.54) is 19.3 Å². The molecule has 0 spiro atoms. The Morgan fingerprint density at radius 1 is 1.33 bits per heavy atom. The number of nitrogens with one attached hydrogen (secondary N) is 2. The zero-order valence-electron chi connectivity index (χ0n) is 14.7. The molecule has 0 aliphatic carbocycles. The number of piperidine rings is 1. The summed E-state index contributed by atoms with van der Waals surface area (Å²) < 4.78 is 0. The molecular weight excluding hydrogens is 306 g/mol. The molecule has 1 aromatic rings. The molecule has 0 unspecified atom stereocenters. The van der Waals surface area contributed by atoms with E-state index < -0.39 is 6.10 Å². The van der Waals surface area contributed by atoms with Crippen molar-refractivity contribution in [2.75, 3.05) is 45.2 Å². The minimum Gasteiger partial charge on any atom is -0.390 e. The lowest BCUT2D eigenvalue weighted by molar-refractivity contribution is 0.101. The number of β-amino-alcohol motifs (C(OH)–C–C–N with tert-alkyl or cyclic N) is 1. The molecule has 1 aromatic heterocycles. The third-order valence-electron chi connectivity index (χ3n) is 4.15. The number of nitrogens with zero attached hydrogens (tertiary/aromatic N) is 3. The van der Waals surface area contributed by atoms with Crippen LogP contribution < -0.4 is 15.5 Å². The summed E-state index contributed by atoms with van der Waals surface area (Å²) in [5, 5.41) is 15.6. The first-order valence-corrected chi connectivity index (χ1v) is 8.59. The summed E-state index contributed by atoms with van der Waals surface area (Å²) in [6.45, 7) is 3.36. The van der Waals surface area contributed by atoms with E-state index in [2.05, 4.69) is 20.5 Å². The van der Waals surface area contributed by atoms with Crippen molar-refractivity contribution in [3.63, 3.8) is 0 Å². The summed E-state index contributed by atoms with van der Waals surface area (Å²) in [7, 11) is 3.84. The Labute approximate surface area is 144 Å². The van der Waals surface area contributed by atoms with Gasteiger partial charge in [0.15, 0.2) is 0 Å². The van der Waals surface area contributed by atoms with E-state index >= 15 is 0 Å². The van der Waals surface area contributed by atoms with Crippen LogP contribution in [-0.4, -0.2) is 67.4 Å². The van der Waals surface area contributed by atoms with Gasteiger partial charge in [-0.3, -0.25) is 0 Å². The first-order valence-electron chi connectivity index (χ1n) is 8.59. The smallest absolute Gasteiger partial charge is 0.315 e. The van der Waals surface area contributed by atoms with Crippen molar-refractivity contribution < 1.29 is 9.90 Å². The molecule has 2 heterocycles. The third-order valence-corrected chi connectivity index (χ3v) is 4.15. The van der Waals surface area contributed by atoms with Gasteiger partial charge in [0.25, 0.3) is 0 Å². The molecule has 0 radical (unpaired) electrons. The monoisotopic (exact) mass is 335 g/mol. The Bertz CT molecular complexity index is 517. The molecule has 2 rings (SSSR count). The average Bonchev–Trinajstić information content (AvgIpc) is 2.59. The van der Waals surface area contributed by atoms with Gasteiger partial charge in [-0.25, -0.2) is 9.78 Å². The summed E-state index contributed by atoms with van der Waals surface area (Å²) >= 11 is 0. The fourth-order valence-electron chi connectivity index (χ4n) is 2.92. The Kier molecular flexibility index (Phi) is 7.27. The average molecular weight is 335 g/mol. The lowest BCUT2D eigenvalue weighted by Crippen LogP contribution is -2.44. The summed E-state index contributed by atoms with van der Waals surface area (Å²) in [6, 6.07) is 3.51. The number of carbonyl (C=O) groups excluding carboxylic acids is 1. The maximum absolute atomic E-state index is 11.9. The first-order chi connectivity index (χ1) is 11.6. The number of amides is 2. The molecule has 1 aliphatic rings. The first kappa shape index (κ1) is 18.5. The Balaban J connectivity index is 1.69. The lowest BCUT2D eigenvalue weighted by atomic mass is 10.1. The Hall–Kier alpha value is -1.86. The number of carbonyl (C=O) groups is 1. The number of aliphatic hydroxyl groups is 1. The zero-order chi connectivity index (χ0) is 17.4. The second-order valence-corrected chi connectivity index (χ2v) is 6.46. The molecule has 7 heteroatoms. The highest BCUT2D eigenvalue weighted by molar-refractivity contribution is 5.74. The second-order valence-electron chi connectivity index (χ2n) is 6.46. The van der Waals surface area contributed by atoms with Crippen molar-refractivity contribution in [3.05, 3.63) is 23.9 Å². The van der Waals surface area contributed by atoms with Crippen LogP contribution in [0.2, 0.25) is 0 Å². The Morgan fingerprint density at radius 3 is 2.79 bits per heavy atom. The van der Waals surface area contributed by atoms with E-state index in [0.717, 1.165) is 24.5 Å². The molecule has 7 nitrogen and oxygen atoms in total. The molecular formula is C17H29N5O2. The maximum Gasteiger partial charge on any atom is 0.315 e. The minimum absolute atomic E-state index is 0.260. The van der Waals surface area contributed by atoms with Crippen LogP contribution in [0.4, 0.5) is 10.6 Å². The highest BCUT2D eigenvalue weighted by Crippen LogP contribution is 2.13. The molecule has 0 saturated carbocycles. The Morgan fingerprint density at radius 2 is 2.08 bits per heavy atom. The number of aliphatic hydroxyl groups excluding tert-OH is 1. The van der Waals surface area contributed by atoms with Gasteiger partial charge in [0.05, 0.1) is 6.10 Å². The largest absolute Gasteiger partial charge is 0.390 e. The van der Waals surface area contributed by atoms with Gasteiger partial charge in [-0.2, -0.15) is 0 Å². The number of rotatable bonds is 7. The number of pyridine rings is 1. The molecule has 0 bridgehead atoms. The molecule has 1 aliphatic heterocycles. The van der Waals surface area contributed by atoms with E-state index in [1.54, 1.807) is 6.20 Å². The maximum atomic E-state index is 11.9. The van der Waals surface area contributed by atoms with Gasteiger partial charge in [0.1, 0.15) is 5.82 Å². The van der Waals surface area contributed by atoms with Gasteiger partial charge in [-0.1, -0.05) is 12.5 Å². The van der Waals surface area contributed by atoms with Crippen LogP contribution in [0.15, 0.2) is 18.3 Å². The van der Waals surface area contributed by atoms with Gasteiger partial charge in [-0.15, -0.1) is 0 Å². The van der Waals surface area contributed by atoms with Crippen molar-refractivity contribution in [3.8, 4) is 0 Å². The number of anilines is 1. The molecule has 0 aromatic carbocycles. The van der Waals surface area contributed by atoms with Crippen molar-refractivity contribution >= 4 is 11.8 Å². The molecule has 134 valence electrons. The predicted molar refractivity (Wildman–Crippen MR) is 95.1 cm³/mol. The zero-order valence-corrected chi connectivity index (χ0v) is 14.7. The van der Waals surface area contributed by atoms with Crippen LogP contribution >= 0.6 is 0 Å². The van der Waals surface area contributed by atoms with Crippen LogP contribution in [-0.2, 0) is 6.54 Å². The predicted octanol–water partition coefficient (Wildman–Crippen LogP) is 0.794. The summed E-state index contributed by atoms with van der Waals surface area (Å²) in [5.41, 5.74) is 0.950. The van der Waals surface area contributed by atoms with Gasteiger partial charge >= 0.3 is 6.03 Å². The van der Waals surface area contributed by atoms with Crippen LogP contribution in [0.25, 0.3) is 0 Å². The summed E-state index contributed by atoms with van der Waals surface area (Å²) in [5.74, 6) is 0.836. The van der Waals surface area contributed by atoms with Crippen LogP contribution in [0, 0.1) is 0 Å². The molecule has 2 amide bonds. The minimum atomic E-state index is -0.537. The fraction of sp³-hybridized carbons (Fsp3) is 0.647. The highest BCUT2D eigenvalue weighted by atomic mass is 16.3. The van der Waals surface area contributed by atoms with E-state index in [9.17, 15) is 9.90 Å². The van der Waals surface area contributed by atoms with E-state index in [4.69, 9.17) is 0 Å². The van der Waals surface area contributed by atoms with Crippen molar-refractivity contribution in [1.82, 2.24) is 20.5 Å². The quantitative estimate of drug-likeness (QED) is 0.687. The summed E-state index contributed by atoms with van der Waals surface area (Å²) in [4.78, 5) is 20.4.